The van der Waals surface area contributed by atoms with Crippen LogP contribution < -0.4 is 34.4 Å². The lowest BCUT2D eigenvalue weighted by Gasteiger charge is -2.64. The van der Waals surface area contributed by atoms with Crippen LogP contribution in [0.15, 0.2) is 0 Å². The molecule has 12 N–H and O–H groups in total. The van der Waals surface area contributed by atoms with Gasteiger partial charge in [-0.1, -0.05) is 93.9 Å². The second kappa shape index (κ2) is 39.0. The van der Waals surface area contributed by atoms with Gasteiger partial charge in [-0.2, -0.15) is 0 Å². The third kappa shape index (κ3) is 20.1. The van der Waals surface area contributed by atoms with E-state index in [1.165, 1.54) is 0 Å². The van der Waals surface area contributed by atoms with E-state index in [1.54, 1.807) is 0 Å². The molecule has 8 aliphatic rings. The predicted molar refractivity (Wildman–Crippen MR) is 380 cm³/mol. The van der Waals surface area contributed by atoms with Gasteiger partial charge in [0.25, 0.3) is 0 Å². The molecule has 22 atom stereocenters. The largest absolute Gasteiger partial charge is 0.466 e. The zero-order chi connectivity index (χ0) is 73.0. The van der Waals surface area contributed by atoms with Crippen LogP contribution in [0.1, 0.15) is 261 Å². The van der Waals surface area contributed by atoms with Gasteiger partial charge in [0.2, 0.25) is 0 Å². The minimum Gasteiger partial charge on any atom is -0.466 e. The second-order valence-corrected chi connectivity index (χ2v) is 32.6. The van der Waals surface area contributed by atoms with Crippen molar-refractivity contribution in [3.05, 3.63) is 0 Å². The Balaban J connectivity index is 0.000000281. The first kappa shape index (κ1) is 82.8. The van der Waals surface area contributed by atoms with Crippen LogP contribution in [-0.4, -0.2) is 137 Å². The highest BCUT2D eigenvalue weighted by atomic mass is 16.6. The predicted octanol–water partition coefficient (Wildman–Crippen LogP) is 10.4. The molecule has 100 heavy (non-hydrogen) atoms. The summed E-state index contributed by atoms with van der Waals surface area (Å²) < 4.78 is 48.5. The average Bonchev–Trinajstić information content (AvgIpc) is 1.35. The van der Waals surface area contributed by atoms with Gasteiger partial charge < -0.3 is 72.3 Å². The summed E-state index contributed by atoms with van der Waals surface area (Å²) in [5, 5.41) is 0. The highest BCUT2D eigenvalue weighted by Gasteiger charge is 2.70. The fourth-order valence-electron chi connectivity index (χ4n) is 21.7. The summed E-state index contributed by atoms with van der Waals surface area (Å²) in [6.45, 7) is 20.4. The van der Waals surface area contributed by atoms with Gasteiger partial charge in [0.1, 0.15) is 36.6 Å². The molecule has 8 saturated carbocycles. The van der Waals surface area contributed by atoms with Crippen molar-refractivity contribution in [1.82, 2.24) is 0 Å². The van der Waals surface area contributed by atoms with Crippen molar-refractivity contribution in [1.29, 1.82) is 0 Å². The molecule has 22 nitrogen and oxygen atoms in total. The molecule has 4 unspecified atom stereocenters. The normalized spacial score (nSPS) is 35.2. The van der Waals surface area contributed by atoms with Gasteiger partial charge in [0, 0.05) is 74.8 Å². The Bertz CT molecular complexity index is 2480. The van der Waals surface area contributed by atoms with Crippen LogP contribution in [0.3, 0.4) is 0 Å². The van der Waals surface area contributed by atoms with E-state index in [4.69, 9.17) is 72.3 Å². The highest BCUT2D eigenvalue weighted by Crippen LogP contribution is 2.72. The van der Waals surface area contributed by atoms with Crippen molar-refractivity contribution in [2.24, 2.45) is 127 Å². The second-order valence-electron chi connectivity index (χ2n) is 32.6. The quantitative estimate of drug-likeness (QED) is 0.0193. The van der Waals surface area contributed by atoms with Crippen LogP contribution in [-0.2, 0) is 76.3 Å². The van der Waals surface area contributed by atoms with Gasteiger partial charge >= 0.3 is 47.8 Å². The fraction of sp³-hybridized carbons (Fsp3) is 0.897. The summed E-state index contributed by atoms with van der Waals surface area (Å²) in [6, 6.07) is 0. The number of carbonyl (C=O) groups excluding carboxylic acids is 8. The molecule has 0 aromatic carbocycles. The first-order chi connectivity index (χ1) is 47.8. The van der Waals surface area contributed by atoms with E-state index in [2.05, 4.69) is 55.4 Å². The van der Waals surface area contributed by atoms with Gasteiger partial charge in [-0.3, -0.25) is 38.4 Å². The Hall–Kier alpha value is -4.48. The molecule has 0 heterocycles. The average molecular weight is 1410 g/mol. The van der Waals surface area contributed by atoms with Crippen molar-refractivity contribution in [2.75, 3.05) is 52.5 Å². The Morgan fingerprint density at radius 1 is 0.370 bits per heavy atom. The van der Waals surface area contributed by atoms with E-state index in [0.717, 1.165) is 103 Å². The van der Waals surface area contributed by atoms with E-state index < -0.39 is 0 Å². The molecule has 22 heteroatoms. The number of hydrogen-bond acceptors (Lipinski definition) is 22. The smallest absolute Gasteiger partial charge is 0.307 e. The van der Waals surface area contributed by atoms with Gasteiger partial charge in [-0.05, 0) is 186 Å². The minimum atomic E-state index is -0.369. The Morgan fingerprint density at radius 3 is 1.03 bits per heavy atom. The molecule has 0 spiro atoms. The molecule has 8 fully saturated rings. The van der Waals surface area contributed by atoms with Gasteiger partial charge in [-0.15, -0.1) is 0 Å². The summed E-state index contributed by atoms with van der Waals surface area (Å²) in [7, 11) is 0. The molecular formula is C78H134N6O16. The number of carbonyl (C=O) groups is 8. The maximum absolute atomic E-state index is 13.2. The van der Waals surface area contributed by atoms with Crippen LogP contribution in [0.4, 0.5) is 0 Å². The molecule has 0 bridgehead atoms. The number of esters is 8. The van der Waals surface area contributed by atoms with E-state index in [1.807, 2.05) is 0 Å². The molecule has 0 aromatic heterocycles. The Morgan fingerprint density at radius 2 is 0.700 bits per heavy atom. The van der Waals surface area contributed by atoms with Crippen LogP contribution in [0.2, 0.25) is 0 Å². The summed E-state index contributed by atoms with van der Waals surface area (Å²) in [5.41, 5.74) is 33.4. The van der Waals surface area contributed by atoms with Crippen molar-refractivity contribution in [3.8, 4) is 0 Å². The molecule has 0 aliphatic heterocycles. The maximum Gasteiger partial charge on any atom is 0.307 e. The maximum atomic E-state index is 13.2. The summed E-state index contributed by atoms with van der Waals surface area (Å²) >= 11 is 0. The first-order valence-corrected chi connectivity index (χ1v) is 39.5. The molecule has 0 radical (unpaired) electrons. The molecule has 8 aliphatic carbocycles. The number of nitrogens with two attached hydrogens (primary N) is 6. The molecule has 0 saturated heterocycles. The van der Waals surface area contributed by atoms with E-state index in [-0.39, 0.29) is 255 Å². The lowest BCUT2D eigenvalue weighted by molar-refractivity contribution is -0.226. The SMILES string of the molecule is CCCCCCOC(=O)CCC(C)C1CC[C@H]2[C@@H]3[C@H](OC(=O)CCN)C[C@@H]4C[C@H](OC(=O)CCN)CC[C@]4(C)[C@H]3C[C@H](OC(=O)CCN)[C@]12C.CCCCCCOC(=O)CCC(C)C1CC[C@H]2[C@@H]3[C@H](OC(=O)CCN)C[C@@H]4C[C@H](OC(=O)CCN)CC[C@]4(C)[C@H]3C[C@H](OC(=O)CCN)[C@]12C. The lowest BCUT2D eigenvalue weighted by atomic mass is 9.43. The van der Waals surface area contributed by atoms with Crippen LogP contribution in [0.5, 0.6) is 0 Å². The van der Waals surface area contributed by atoms with E-state index >= 15 is 0 Å². The first-order valence-electron chi connectivity index (χ1n) is 39.5. The number of rotatable bonds is 36. The number of unbranched alkanes of at least 4 members (excludes halogenated alkanes) is 6. The van der Waals surface area contributed by atoms with Gasteiger partial charge in [0.15, 0.2) is 0 Å². The molecular weight excluding hydrogens is 1280 g/mol. The number of ether oxygens (including phenoxy) is 8. The van der Waals surface area contributed by atoms with Gasteiger partial charge in [-0.25, -0.2) is 0 Å². The number of fused-ring (bicyclic) bond motifs is 10. The standard InChI is InChI=1S/2C39H67N3O8/c2*1-5-6-7-8-21-47-33(43)12-9-25(2)28-10-11-29-37-30(24-32(39(28,29)4)50-36(46)16-20-42)38(3)17-13-27(48-34(44)14-18-40)22-26(38)23-31(37)49-35(45)15-19-41/h2*25-32,37H,5-24,40-42H2,1-4H3/t2*25?,26-,27+,28?,29-,30-,31+,32-,37-,38-,39+/m00/s1. The van der Waals surface area contributed by atoms with Crippen LogP contribution >= 0.6 is 0 Å². The Kier molecular flexibility index (Phi) is 32.3. The molecule has 8 rings (SSSR count). The zero-order valence-electron chi connectivity index (χ0n) is 62.7. The third-order valence-electron chi connectivity index (χ3n) is 26.8. The summed E-state index contributed by atoms with van der Waals surface area (Å²) in [6.07, 6.45) is 21.2. The van der Waals surface area contributed by atoms with Crippen LogP contribution in [0, 0.1) is 92.7 Å². The topological polar surface area (TPSA) is 367 Å². The highest BCUT2D eigenvalue weighted by molar-refractivity contribution is 5.72. The van der Waals surface area contributed by atoms with Crippen molar-refractivity contribution >= 4 is 47.8 Å². The monoisotopic (exact) mass is 1410 g/mol. The number of hydrogen-bond donors (Lipinski definition) is 6. The fourth-order valence-corrected chi connectivity index (χ4v) is 21.7. The third-order valence-corrected chi connectivity index (χ3v) is 26.8. The van der Waals surface area contributed by atoms with Gasteiger partial charge in [0.05, 0.1) is 51.7 Å². The van der Waals surface area contributed by atoms with Crippen molar-refractivity contribution in [2.45, 2.75) is 297 Å². The molecule has 0 aromatic rings. The Labute approximate surface area is 598 Å². The molecule has 572 valence electrons. The van der Waals surface area contributed by atoms with Crippen molar-refractivity contribution in [3.63, 3.8) is 0 Å². The minimum absolute atomic E-state index is 0.0917. The summed E-state index contributed by atoms with van der Waals surface area (Å²) in [5.74, 6) is -0.0178. The van der Waals surface area contributed by atoms with E-state index in [9.17, 15) is 38.4 Å². The van der Waals surface area contributed by atoms with E-state index in [0.29, 0.717) is 77.4 Å². The summed E-state index contributed by atoms with van der Waals surface area (Å²) in [4.78, 5) is 103. The van der Waals surface area contributed by atoms with Crippen molar-refractivity contribution < 1.29 is 76.3 Å². The van der Waals surface area contributed by atoms with Crippen LogP contribution in [0.25, 0.3) is 0 Å². The lowest BCUT2D eigenvalue weighted by Crippen LogP contribution is -2.63. The zero-order valence-corrected chi connectivity index (χ0v) is 62.7. The molecule has 0 amide bonds.